The Labute approximate surface area is 90.9 Å². The number of hydrogen-bond donors (Lipinski definition) is 2. The smallest absolute Gasteiger partial charge is 0.279 e. The molecule has 7 heteroatoms. The van der Waals surface area contributed by atoms with Gasteiger partial charge in [-0.1, -0.05) is 6.92 Å². The van der Waals surface area contributed by atoms with Gasteiger partial charge < -0.3 is 10.5 Å². The molecule has 1 heterocycles. The number of hydrogen-bond acceptors (Lipinski definition) is 4. The van der Waals surface area contributed by atoms with Crippen molar-refractivity contribution in [3.05, 3.63) is 0 Å². The molecule has 0 aliphatic carbocycles. The highest BCUT2D eigenvalue weighted by molar-refractivity contribution is 7.87. The van der Waals surface area contributed by atoms with E-state index >= 15 is 0 Å². The van der Waals surface area contributed by atoms with Crippen LogP contribution in [-0.4, -0.2) is 51.6 Å². The summed E-state index contributed by atoms with van der Waals surface area (Å²) in [7, 11) is -3.37. The first-order valence-electron chi connectivity index (χ1n) is 5.14. The predicted molar refractivity (Wildman–Crippen MR) is 57.6 cm³/mol. The highest BCUT2D eigenvalue weighted by Crippen LogP contribution is 2.02. The number of nitrogens with zero attached hydrogens (tertiary/aromatic N) is 1. The molecule has 3 N–H and O–H groups in total. The van der Waals surface area contributed by atoms with Gasteiger partial charge in [0.15, 0.2) is 0 Å². The fourth-order valence-corrected chi connectivity index (χ4v) is 2.47. The van der Waals surface area contributed by atoms with Crippen LogP contribution < -0.4 is 10.5 Å². The predicted octanol–water partition coefficient (Wildman–Crippen LogP) is -1.11. The lowest BCUT2D eigenvalue weighted by molar-refractivity contribution is 0.0725. The molecule has 0 spiro atoms. The molecule has 1 unspecified atom stereocenters. The molecule has 0 aromatic carbocycles. The number of rotatable bonds is 5. The molecule has 1 aliphatic heterocycles. The maximum Gasteiger partial charge on any atom is 0.279 e. The van der Waals surface area contributed by atoms with E-state index in [1.807, 2.05) is 6.92 Å². The average molecular weight is 237 g/mol. The maximum atomic E-state index is 11.7. The third-order valence-electron chi connectivity index (χ3n) is 2.36. The van der Waals surface area contributed by atoms with Crippen LogP contribution in [0.4, 0.5) is 0 Å². The lowest BCUT2D eigenvalue weighted by Crippen LogP contribution is -2.49. The van der Waals surface area contributed by atoms with Crippen molar-refractivity contribution < 1.29 is 13.2 Å². The summed E-state index contributed by atoms with van der Waals surface area (Å²) in [6.07, 6.45) is 0.756. The molecule has 1 rings (SSSR count). The molecule has 0 aromatic rings. The van der Waals surface area contributed by atoms with Gasteiger partial charge in [0.05, 0.1) is 13.2 Å². The second-order valence-electron chi connectivity index (χ2n) is 3.53. The molecule has 0 amide bonds. The van der Waals surface area contributed by atoms with Crippen LogP contribution in [0.15, 0.2) is 0 Å². The van der Waals surface area contributed by atoms with Crippen molar-refractivity contribution in [1.29, 1.82) is 0 Å². The summed E-state index contributed by atoms with van der Waals surface area (Å²) in [5.74, 6) is 0. The molecular weight excluding hydrogens is 218 g/mol. The van der Waals surface area contributed by atoms with Gasteiger partial charge in [-0.2, -0.15) is 12.7 Å². The van der Waals surface area contributed by atoms with Crippen LogP contribution in [0.2, 0.25) is 0 Å². The monoisotopic (exact) mass is 237 g/mol. The van der Waals surface area contributed by atoms with Crippen LogP contribution in [0.1, 0.15) is 13.3 Å². The Hall–Kier alpha value is -0.210. The van der Waals surface area contributed by atoms with E-state index in [0.29, 0.717) is 26.3 Å². The fourth-order valence-electron chi connectivity index (χ4n) is 1.23. The second-order valence-corrected chi connectivity index (χ2v) is 5.29. The third-order valence-corrected chi connectivity index (χ3v) is 3.94. The molecule has 90 valence electrons. The molecule has 6 nitrogen and oxygen atoms in total. The topological polar surface area (TPSA) is 84.7 Å². The van der Waals surface area contributed by atoms with Gasteiger partial charge in [0, 0.05) is 25.7 Å². The molecular formula is C8H19N3O3S. The zero-order valence-corrected chi connectivity index (χ0v) is 9.79. The van der Waals surface area contributed by atoms with Crippen LogP contribution in [0, 0.1) is 0 Å². The number of morpholine rings is 1. The molecule has 0 radical (unpaired) electrons. The molecule has 0 aromatic heterocycles. The van der Waals surface area contributed by atoms with Gasteiger partial charge in [0.1, 0.15) is 0 Å². The van der Waals surface area contributed by atoms with E-state index in [4.69, 9.17) is 10.5 Å². The standard InChI is InChI=1S/C8H19N3O3S/c1-2-8(9)7-10-15(12,13)11-3-5-14-6-4-11/h8,10H,2-7,9H2,1H3. The first kappa shape index (κ1) is 12.9. The maximum absolute atomic E-state index is 11.7. The SMILES string of the molecule is CCC(N)CNS(=O)(=O)N1CCOCC1. The summed E-state index contributed by atoms with van der Waals surface area (Å²) in [6, 6.07) is -0.124. The molecule has 1 saturated heterocycles. The van der Waals surface area contributed by atoms with Crippen LogP contribution >= 0.6 is 0 Å². The van der Waals surface area contributed by atoms with Gasteiger partial charge in [-0.25, -0.2) is 4.72 Å². The molecule has 1 atom stereocenters. The van der Waals surface area contributed by atoms with E-state index in [0.717, 1.165) is 6.42 Å². The lowest BCUT2D eigenvalue weighted by atomic mass is 10.2. The lowest BCUT2D eigenvalue weighted by Gasteiger charge is -2.26. The zero-order valence-electron chi connectivity index (χ0n) is 8.98. The number of nitrogens with two attached hydrogens (primary N) is 1. The average Bonchev–Trinajstić information content (AvgIpc) is 2.27. The van der Waals surface area contributed by atoms with Crippen LogP contribution in [0.25, 0.3) is 0 Å². The van der Waals surface area contributed by atoms with E-state index < -0.39 is 10.2 Å². The minimum Gasteiger partial charge on any atom is -0.379 e. The van der Waals surface area contributed by atoms with E-state index in [2.05, 4.69) is 4.72 Å². The van der Waals surface area contributed by atoms with Crippen molar-refractivity contribution >= 4 is 10.2 Å². The van der Waals surface area contributed by atoms with Crippen molar-refractivity contribution in [2.24, 2.45) is 5.73 Å². The Kier molecular flexibility index (Phi) is 4.94. The first-order valence-corrected chi connectivity index (χ1v) is 6.58. The quantitative estimate of drug-likeness (QED) is 0.635. The van der Waals surface area contributed by atoms with Gasteiger partial charge in [-0.15, -0.1) is 0 Å². The minimum atomic E-state index is -3.37. The van der Waals surface area contributed by atoms with E-state index in [-0.39, 0.29) is 12.6 Å². The van der Waals surface area contributed by atoms with Crippen LogP contribution in [0.5, 0.6) is 0 Å². The van der Waals surface area contributed by atoms with E-state index in [1.165, 1.54) is 4.31 Å². The molecule has 15 heavy (non-hydrogen) atoms. The Morgan fingerprint density at radius 3 is 2.60 bits per heavy atom. The third kappa shape index (κ3) is 4.04. The fraction of sp³-hybridized carbons (Fsp3) is 1.00. The van der Waals surface area contributed by atoms with Crippen molar-refractivity contribution in [1.82, 2.24) is 9.03 Å². The van der Waals surface area contributed by atoms with Crippen molar-refractivity contribution in [2.45, 2.75) is 19.4 Å². The normalized spacial score (nSPS) is 21.5. The molecule has 0 bridgehead atoms. The number of ether oxygens (including phenoxy) is 1. The largest absolute Gasteiger partial charge is 0.379 e. The minimum absolute atomic E-state index is 0.124. The Bertz CT molecular complexity index is 275. The summed E-state index contributed by atoms with van der Waals surface area (Å²) in [5, 5.41) is 0. The second kappa shape index (κ2) is 5.76. The van der Waals surface area contributed by atoms with E-state index in [1.54, 1.807) is 0 Å². The summed E-state index contributed by atoms with van der Waals surface area (Å²) in [6.45, 7) is 3.96. The van der Waals surface area contributed by atoms with Crippen molar-refractivity contribution in [2.75, 3.05) is 32.8 Å². The Morgan fingerprint density at radius 1 is 1.47 bits per heavy atom. The van der Waals surface area contributed by atoms with Gasteiger partial charge in [0.25, 0.3) is 10.2 Å². The first-order chi connectivity index (χ1) is 7.06. The highest BCUT2D eigenvalue weighted by Gasteiger charge is 2.23. The van der Waals surface area contributed by atoms with Crippen LogP contribution in [0.3, 0.4) is 0 Å². The van der Waals surface area contributed by atoms with Gasteiger partial charge >= 0.3 is 0 Å². The molecule has 1 aliphatic rings. The Balaban J connectivity index is 2.43. The van der Waals surface area contributed by atoms with Crippen molar-refractivity contribution in [3.63, 3.8) is 0 Å². The van der Waals surface area contributed by atoms with Gasteiger partial charge in [-0.05, 0) is 6.42 Å². The molecule has 0 saturated carbocycles. The van der Waals surface area contributed by atoms with E-state index in [9.17, 15) is 8.42 Å². The summed E-state index contributed by atoms with van der Waals surface area (Å²) in [4.78, 5) is 0. The summed E-state index contributed by atoms with van der Waals surface area (Å²) in [5.41, 5.74) is 5.64. The van der Waals surface area contributed by atoms with Crippen molar-refractivity contribution in [3.8, 4) is 0 Å². The highest BCUT2D eigenvalue weighted by atomic mass is 32.2. The van der Waals surface area contributed by atoms with Crippen LogP contribution in [-0.2, 0) is 14.9 Å². The number of nitrogens with one attached hydrogen (secondary N) is 1. The Morgan fingerprint density at radius 2 is 2.07 bits per heavy atom. The summed E-state index contributed by atoms with van der Waals surface area (Å²) >= 11 is 0. The molecule has 1 fully saturated rings. The summed E-state index contributed by atoms with van der Waals surface area (Å²) < 4.78 is 32.4. The van der Waals surface area contributed by atoms with Gasteiger partial charge in [0.2, 0.25) is 0 Å². The zero-order chi connectivity index (χ0) is 11.3. The van der Waals surface area contributed by atoms with Gasteiger partial charge in [-0.3, -0.25) is 0 Å².